The van der Waals surface area contributed by atoms with Crippen LogP contribution < -0.4 is 10.2 Å². The van der Waals surface area contributed by atoms with Crippen molar-refractivity contribution in [2.45, 2.75) is 12.8 Å². The Morgan fingerprint density at radius 2 is 1.78 bits per heavy atom. The Kier molecular flexibility index (Phi) is 4.39. The number of carbonyl (C=O) groups excluding carboxylic acids is 3. The first-order chi connectivity index (χ1) is 13.1. The molecule has 1 aliphatic carbocycles. The van der Waals surface area contributed by atoms with Crippen LogP contribution in [-0.4, -0.2) is 31.4 Å². The third-order valence-electron chi connectivity index (χ3n) is 5.19. The zero-order valence-corrected chi connectivity index (χ0v) is 15.0. The van der Waals surface area contributed by atoms with E-state index in [0.29, 0.717) is 24.2 Å². The molecule has 1 heterocycles. The van der Waals surface area contributed by atoms with Crippen LogP contribution in [0.25, 0.3) is 0 Å². The van der Waals surface area contributed by atoms with Crippen molar-refractivity contribution in [2.24, 2.45) is 11.8 Å². The Balaban J connectivity index is 1.43. The topological polar surface area (TPSA) is 75.7 Å². The first-order valence-corrected chi connectivity index (χ1v) is 8.97. The van der Waals surface area contributed by atoms with Gasteiger partial charge in [0.1, 0.15) is 0 Å². The molecule has 1 fully saturated rings. The van der Waals surface area contributed by atoms with Gasteiger partial charge in [-0.15, -0.1) is 0 Å². The van der Waals surface area contributed by atoms with Gasteiger partial charge in [-0.25, -0.2) is 4.79 Å². The normalized spacial score (nSPS) is 20.0. The van der Waals surface area contributed by atoms with Gasteiger partial charge >= 0.3 is 5.97 Å². The molecule has 2 amide bonds. The third kappa shape index (κ3) is 3.18. The van der Waals surface area contributed by atoms with Gasteiger partial charge < -0.3 is 15.0 Å². The van der Waals surface area contributed by atoms with Gasteiger partial charge in [-0.2, -0.15) is 0 Å². The minimum atomic E-state index is -0.511. The second-order valence-electron chi connectivity index (χ2n) is 6.84. The average molecular weight is 364 g/mol. The Hall–Kier alpha value is -3.15. The van der Waals surface area contributed by atoms with Crippen molar-refractivity contribution in [1.82, 2.24) is 0 Å². The Labute approximate surface area is 157 Å². The quantitative estimate of drug-likeness (QED) is 0.847. The number of anilines is 2. The van der Waals surface area contributed by atoms with Crippen LogP contribution in [0.1, 0.15) is 22.3 Å². The van der Waals surface area contributed by atoms with Crippen LogP contribution >= 0.6 is 0 Å². The van der Waals surface area contributed by atoms with Crippen molar-refractivity contribution in [3.8, 4) is 0 Å². The van der Waals surface area contributed by atoms with Crippen molar-refractivity contribution in [1.29, 1.82) is 0 Å². The van der Waals surface area contributed by atoms with Crippen LogP contribution in [0.15, 0.2) is 48.5 Å². The summed E-state index contributed by atoms with van der Waals surface area (Å²) < 4.78 is 4.74. The van der Waals surface area contributed by atoms with Crippen molar-refractivity contribution in [3.63, 3.8) is 0 Å². The SMILES string of the molecule is COC(=O)c1ccccc1NC(=O)C1CC1C(=O)N1CCc2ccccc21. The van der Waals surface area contributed by atoms with Gasteiger partial charge in [0.05, 0.1) is 30.2 Å². The summed E-state index contributed by atoms with van der Waals surface area (Å²) in [5.74, 6) is -1.42. The first kappa shape index (κ1) is 17.3. The van der Waals surface area contributed by atoms with Crippen LogP contribution in [0.4, 0.5) is 11.4 Å². The molecule has 6 nitrogen and oxygen atoms in total. The summed E-state index contributed by atoms with van der Waals surface area (Å²) in [6, 6.07) is 14.6. The number of rotatable bonds is 4. The molecule has 0 saturated heterocycles. The summed E-state index contributed by atoms with van der Waals surface area (Å²) >= 11 is 0. The van der Waals surface area contributed by atoms with Gasteiger partial charge in [0.2, 0.25) is 11.8 Å². The van der Waals surface area contributed by atoms with E-state index >= 15 is 0 Å². The van der Waals surface area contributed by atoms with Gasteiger partial charge in [-0.1, -0.05) is 30.3 Å². The molecule has 1 N–H and O–H groups in total. The molecule has 0 aromatic heterocycles. The molecular weight excluding hydrogens is 344 g/mol. The third-order valence-corrected chi connectivity index (χ3v) is 5.19. The molecule has 1 aliphatic heterocycles. The second-order valence-corrected chi connectivity index (χ2v) is 6.84. The fraction of sp³-hybridized carbons (Fsp3) is 0.286. The predicted molar refractivity (Wildman–Crippen MR) is 101 cm³/mol. The highest BCUT2D eigenvalue weighted by Crippen LogP contribution is 2.43. The van der Waals surface area contributed by atoms with Crippen LogP contribution in [0.5, 0.6) is 0 Å². The molecule has 27 heavy (non-hydrogen) atoms. The van der Waals surface area contributed by atoms with E-state index in [-0.39, 0.29) is 23.7 Å². The average Bonchev–Trinajstić information content (AvgIpc) is 3.39. The van der Waals surface area contributed by atoms with Gasteiger partial charge in [0.25, 0.3) is 0 Å². The fourth-order valence-electron chi connectivity index (χ4n) is 3.63. The Morgan fingerprint density at radius 1 is 1.04 bits per heavy atom. The van der Waals surface area contributed by atoms with Crippen LogP contribution in [0.3, 0.4) is 0 Å². The number of benzene rings is 2. The zero-order valence-electron chi connectivity index (χ0n) is 15.0. The van der Waals surface area contributed by atoms with E-state index in [4.69, 9.17) is 4.74 Å². The highest BCUT2D eigenvalue weighted by Gasteiger charge is 2.50. The Morgan fingerprint density at radius 3 is 2.59 bits per heavy atom. The molecule has 2 aliphatic rings. The van der Waals surface area contributed by atoms with Gasteiger partial charge in [0.15, 0.2) is 0 Å². The van der Waals surface area contributed by atoms with Crippen molar-refractivity contribution in [2.75, 3.05) is 23.9 Å². The molecule has 1 saturated carbocycles. The predicted octanol–water partition coefficient (Wildman–Crippen LogP) is 2.64. The summed E-state index contributed by atoms with van der Waals surface area (Å²) in [5, 5.41) is 2.77. The minimum absolute atomic E-state index is 0.00125. The highest BCUT2D eigenvalue weighted by atomic mass is 16.5. The van der Waals surface area contributed by atoms with Gasteiger partial charge in [-0.05, 0) is 36.6 Å². The lowest BCUT2D eigenvalue weighted by Crippen LogP contribution is -2.32. The maximum absolute atomic E-state index is 12.8. The van der Waals surface area contributed by atoms with E-state index in [1.54, 1.807) is 29.2 Å². The second kappa shape index (κ2) is 6.87. The lowest BCUT2D eigenvalue weighted by atomic mass is 10.1. The molecule has 2 atom stereocenters. The number of amides is 2. The molecule has 2 aromatic rings. The molecule has 6 heteroatoms. The summed E-state index contributed by atoms with van der Waals surface area (Å²) in [6.45, 7) is 0.661. The van der Waals surface area contributed by atoms with E-state index in [2.05, 4.69) is 5.32 Å². The number of ether oxygens (including phenoxy) is 1. The number of para-hydroxylation sites is 2. The van der Waals surface area contributed by atoms with E-state index in [1.165, 1.54) is 12.7 Å². The number of esters is 1. The zero-order chi connectivity index (χ0) is 19.0. The summed E-state index contributed by atoms with van der Waals surface area (Å²) in [4.78, 5) is 39.0. The first-order valence-electron chi connectivity index (χ1n) is 8.97. The van der Waals surface area contributed by atoms with Crippen molar-refractivity contribution in [3.05, 3.63) is 59.7 Å². The van der Waals surface area contributed by atoms with Crippen molar-refractivity contribution >= 4 is 29.2 Å². The standard InChI is InChI=1S/C21H20N2O4/c1-27-21(26)14-7-3-4-8-17(14)22-19(24)15-12-16(15)20(25)23-11-10-13-6-2-5-9-18(13)23/h2-9,15-16H,10-12H2,1H3,(H,22,24). The number of hydrogen-bond donors (Lipinski definition) is 1. The number of nitrogens with zero attached hydrogens (tertiary/aromatic N) is 1. The van der Waals surface area contributed by atoms with Crippen LogP contribution in [-0.2, 0) is 20.7 Å². The molecule has 0 bridgehead atoms. The summed E-state index contributed by atoms with van der Waals surface area (Å²) in [5.41, 5.74) is 2.81. The molecule has 0 spiro atoms. The Bertz CT molecular complexity index is 924. The maximum Gasteiger partial charge on any atom is 0.339 e. The van der Waals surface area contributed by atoms with Crippen molar-refractivity contribution < 1.29 is 19.1 Å². The molecule has 138 valence electrons. The minimum Gasteiger partial charge on any atom is -0.465 e. The molecule has 0 radical (unpaired) electrons. The van der Waals surface area contributed by atoms with Crippen LogP contribution in [0.2, 0.25) is 0 Å². The number of carbonyl (C=O) groups is 3. The maximum atomic E-state index is 12.8. The van der Waals surface area contributed by atoms with E-state index in [0.717, 1.165) is 12.1 Å². The summed E-state index contributed by atoms with van der Waals surface area (Å²) in [7, 11) is 1.30. The highest BCUT2D eigenvalue weighted by molar-refractivity contribution is 6.07. The molecular formula is C21H20N2O4. The number of nitrogens with one attached hydrogen (secondary N) is 1. The van der Waals surface area contributed by atoms with E-state index in [1.807, 2.05) is 24.3 Å². The van der Waals surface area contributed by atoms with Gasteiger partial charge in [-0.3, -0.25) is 9.59 Å². The number of fused-ring (bicyclic) bond motifs is 1. The lowest BCUT2D eigenvalue weighted by Gasteiger charge is -2.17. The smallest absolute Gasteiger partial charge is 0.339 e. The van der Waals surface area contributed by atoms with E-state index in [9.17, 15) is 14.4 Å². The summed E-state index contributed by atoms with van der Waals surface area (Å²) in [6.07, 6.45) is 1.38. The van der Waals surface area contributed by atoms with E-state index < -0.39 is 5.97 Å². The van der Waals surface area contributed by atoms with Gasteiger partial charge in [0, 0.05) is 12.2 Å². The number of hydrogen-bond acceptors (Lipinski definition) is 4. The monoisotopic (exact) mass is 364 g/mol. The largest absolute Gasteiger partial charge is 0.465 e. The fourth-order valence-corrected chi connectivity index (χ4v) is 3.63. The molecule has 2 aromatic carbocycles. The molecule has 2 unspecified atom stereocenters. The number of methoxy groups -OCH3 is 1. The van der Waals surface area contributed by atoms with Crippen LogP contribution in [0, 0.1) is 11.8 Å². The lowest BCUT2D eigenvalue weighted by molar-refractivity contribution is -0.123. The molecule has 4 rings (SSSR count).